The Bertz CT molecular complexity index is 300. The predicted molar refractivity (Wildman–Crippen MR) is 63.4 cm³/mol. The van der Waals surface area contributed by atoms with Gasteiger partial charge in [-0.1, -0.05) is 11.6 Å². The monoisotopic (exact) mass is 226 g/mol. The maximum atomic E-state index is 10.9. The molecule has 0 fully saturated rings. The van der Waals surface area contributed by atoms with Crippen LogP contribution in [0.3, 0.4) is 0 Å². The van der Waals surface area contributed by atoms with E-state index in [-0.39, 0.29) is 0 Å². The van der Waals surface area contributed by atoms with E-state index in [0.29, 0.717) is 11.6 Å². The van der Waals surface area contributed by atoms with Gasteiger partial charge in [0.05, 0.1) is 0 Å². The summed E-state index contributed by atoms with van der Waals surface area (Å²) in [6.07, 6.45) is 1.77. The van der Waals surface area contributed by atoms with E-state index in [2.05, 4.69) is 5.32 Å². The van der Waals surface area contributed by atoms with E-state index in [1.807, 2.05) is 19.2 Å². The van der Waals surface area contributed by atoms with Gasteiger partial charge in [-0.2, -0.15) is 0 Å². The van der Waals surface area contributed by atoms with Crippen LogP contribution in [0.15, 0.2) is 24.3 Å². The molecule has 3 nitrogen and oxygen atoms in total. The number of anilines is 1. The molecular weight excluding hydrogens is 212 g/mol. The van der Waals surface area contributed by atoms with Gasteiger partial charge in [-0.3, -0.25) is 4.79 Å². The van der Waals surface area contributed by atoms with Crippen LogP contribution in [-0.2, 0) is 4.79 Å². The molecule has 1 rings (SSSR count). The van der Waals surface area contributed by atoms with Gasteiger partial charge in [-0.25, -0.2) is 0 Å². The number of hydrogen-bond acceptors (Lipinski definition) is 2. The van der Waals surface area contributed by atoms with Gasteiger partial charge in [0.15, 0.2) is 0 Å². The number of amides is 1. The Kier molecular flexibility index (Phi) is 5.15. The van der Waals surface area contributed by atoms with Crippen LogP contribution in [0.5, 0.6) is 0 Å². The third-order valence-electron chi connectivity index (χ3n) is 2.11. The molecule has 0 aliphatic rings. The predicted octanol–water partition coefficient (Wildman–Crippen LogP) is 1.91. The summed E-state index contributed by atoms with van der Waals surface area (Å²) < 4.78 is 0. The second kappa shape index (κ2) is 6.43. The van der Waals surface area contributed by atoms with Crippen LogP contribution in [0, 0.1) is 0 Å². The van der Waals surface area contributed by atoms with Crippen LogP contribution in [0.4, 0.5) is 5.69 Å². The van der Waals surface area contributed by atoms with Gasteiger partial charge in [0.2, 0.25) is 6.41 Å². The largest absolute Gasteiger partial charge is 0.320 e. The summed E-state index contributed by atoms with van der Waals surface area (Å²) in [5, 5.41) is 3.72. The third kappa shape index (κ3) is 3.90. The summed E-state index contributed by atoms with van der Waals surface area (Å²) in [4.78, 5) is 12.5. The first-order valence-corrected chi connectivity index (χ1v) is 5.28. The topological polar surface area (TPSA) is 32.3 Å². The fraction of sp³-hybridized carbons (Fsp3) is 0.364. The van der Waals surface area contributed by atoms with Crippen molar-refractivity contribution >= 4 is 23.7 Å². The van der Waals surface area contributed by atoms with Gasteiger partial charge in [0.25, 0.3) is 0 Å². The molecule has 4 heteroatoms. The number of carbonyl (C=O) groups excluding carboxylic acids is 1. The minimum atomic E-state index is 0.680. The molecule has 82 valence electrons. The van der Waals surface area contributed by atoms with Crippen LogP contribution in [0.25, 0.3) is 0 Å². The van der Waals surface area contributed by atoms with Crippen molar-refractivity contribution in [1.29, 1.82) is 0 Å². The zero-order valence-corrected chi connectivity index (χ0v) is 9.50. The van der Waals surface area contributed by atoms with Crippen molar-refractivity contribution in [3.05, 3.63) is 29.3 Å². The zero-order valence-electron chi connectivity index (χ0n) is 8.74. The lowest BCUT2D eigenvalue weighted by atomic mass is 10.3. The summed E-state index contributed by atoms with van der Waals surface area (Å²) in [6, 6.07) is 7.25. The van der Waals surface area contributed by atoms with Crippen molar-refractivity contribution in [1.82, 2.24) is 5.32 Å². The molecule has 1 aromatic carbocycles. The molecule has 0 saturated carbocycles. The molecule has 0 radical (unpaired) electrons. The highest BCUT2D eigenvalue weighted by molar-refractivity contribution is 6.30. The van der Waals surface area contributed by atoms with E-state index in [9.17, 15) is 4.79 Å². The van der Waals surface area contributed by atoms with E-state index in [1.54, 1.807) is 17.0 Å². The normalized spacial score (nSPS) is 10.0. The lowest BCUT2D eigenvalue weighted by Crippen LogP contribution is -2.24. The fourth-order valence-electron chi connectivity index (χ4n) is 1.30. The van der Waals surface area contributed by atoms with Crippen LogP contribution < -0.4 is 10.2 Å². The maximum Gasteiger partial charge on any atom is 0.214 e. The van der Waals surface area contributed by atoms with Crippen molar-refractivity contribution in [3.8, 4) is 0 Å². The number of nitrogens with one attached hydrogen (secondary N) is 1. The van der Waals surface area contributed by atoms with Crippen molar-refractivity contribution in [2.75, 3.05) is 25.0 Å². The number of rotatable bonds is 6. The van der Waals surface area contributed by atoms with E-state index >= 15 is 0 Å². The van der Waals surface area contributed by atoms with Gasteiger partial charge in [-0.05, 0) is 44.3 Å². The molecule has 1 N–H and O–H groups in total. The minimum absolute atomic E-state index is 0.680. The first-order valence-electron chi connectivity index (χ1n) is 4.90. The SMILES string of the molecule is CNCCCN(C=O)c1ccc(Cl)cc1. The van der Waals surface area contributed by atoms with E-state index in [1.165, 1.54) is 0 Å². The van der Waals surface area contributed by atoms with Gasteiger partial charge < -0.3 is 10.2 Å². The molecule has 0 aliphatic carbocycles. The van der Waals surface area contributed by atoms with Crippen molar-refractivity contribution in [3.63, 3.8) is 0 Å². The Morgan fingerprint density at radius 3 is 2.60 bits per heavy atom. The highest BCUT2D eigenvalue weighted by Crippen LogP contribution is 2.16. The van der Waals surface area contributed by atoms with E-state index in [0.717, 1.165) is 25.1 Å². The molecule has 0 aromatic heterocycles. The third-order valence-corrected chi connectivity index (χ3v) is 2.36. The maximum absolute atomic E-state index is 10.9. The molecule has 1 aromatic rings. The minimum Gasteiger partial charge on any atom is -0.320 e. The Morgan fingerprint density at radius 2 is 2.07 bits per heavy atom. The quantitative estimate of drug-likeness (QED) is 0.594. The molecule has 0 bridgehead atoms. The summed E-state index contributed by atoms with van der Waals surface area (Å²) in [5.41, 5.74) is 0.880. The van der Waals surface area contributed by atoms with Gasteiger partial charge in [-0.15, -0.1) is 0 Å². The van der Waals surface area contributed by atoms with Crippen LogP contribution in [0.1, 0.15) is 6.42 Å². The van der Waals surface area contributed by atoms with E-state index < -0.39 is 0 Å². The number of carbonyl (C=O) groups is 1. The second-order valence-electron chi connectivity index (χ2n) is 3.23. The number of benzene rings is 1. The zero-order chi connectivity index (χ0) is 11.1. The molecule has 15 heavy (non-hydrogen) atoms. The molecule has 0 spiro atoms. The molecular formula is C11H15ClN2O. The van der Waals surface area contributed by atoms with Crippen molar-refractivity contribution in [2.24, 2.45) is 0 Å². The number of halogens is 1. The highest BCUT2D eigenvalue weighted by atomic mass is 35.5. The molecule has 0 unspecified atom stereocenters. The average molecular weight is 227 g/mol. The summed E-state index contributed by atoms with van der Waals surface area (Å²) >= 11 is 5.77. The van der Waals surface area contributed by atoms with Crippen LogP contribution >= 0.6 is 11.6 Å². The molecule has 1 amide bonds. The second-order valence-corrected chi connectivity index (χ2v) is 3.67. The van der Waals surface area contributed by atoms with Crippen molar-refractivity contribution < 1.29 is 4.79 Å². The first kappa shape index (κ1) is 12.0. The smallest absolute Gasteiger partial charge is 0.214 e. The van der Waals surface area contributed by atoms with Crippen molar-refractivity contribution in [2.45, 2.75) is 6.42 Å². The summed E-state index contributed by atoms with van der Waals surface area (Å²) in [6.45, 7) is 1.61. The lowest BCUT2D eigenvalue weighted by Gasteiger charge is -2.17. The molecule has 0 heterocycles. The first-order chi connectivity index (χ1) is 7.27. The Hall–Kier alpha value is -1.06. The number of nitrogens with zero attached hydrogens (tertiary/aromatic N) is 1. The highest BCUT2D eigenvalue weighted by Gasteiger charge is 2.03. The summed E-state index contributed by atoms with van der Waals surface area (Å²) in [5.74, 6) is 0. The van der Waals surface area contributed by atoms with Gasteiger partial charge >= 0.3 is 0 Å². The Balaban J connectivity index is 2.57. The van der Waals surface area contributed by atoms with E-state index in [4.69, 9.17) is 11.6 Å². The molecule has 0 aliphatic heterocycles. The Labute approximate surface area is 95.0 Å². The molecule has 0 saturated heterocycles. The Morgan fingerprint density at radius 1 is 1.40 bits per heavy atom. The lowest BCUT2D eigenvalue weighted by molar-refractivity contribution is -0.107. The van der Waals surface area contributed by atoms with Gasteiger partial charge in [0.1, 0.15) is 0 Å². The fourth-order valence-corrected chi connectivity index (χ4v) is 1.43. The molecule has 0 atom stereocenters. The average Bonchev–Trinajstić information content (AvgIpc) is 2.26. The number of hydrogen-bond donors (Lipinski definition) is 1. The van der Waals surface area contributed by atoms with Gasteiger partial charge in [0, 0.05) is 17.3 Å². The van der Waals surface area contributed by atoms with Crippen LogP contribution in [-0.4, -0.2) is 26.5 Å². The standard InChI is InChI=1S/C11H15ClN2O/c1-13-7-2-8-14(9-15)11-5-3-10(12)4-6-11/h3-6,9,13H,2,7-8H2,1H3. The summed E-state index contributed by atoms with van der Waals surface area (Å²) in [7, 11) is 1.90. The van der Waals surface area contributed by atoms with Crippen LogP contribution in [0.2, 0.25) is 5.02 Å².